The molecule has 45 heavy (non-hydrogen) atoms. The predicted octanol–water partition coefficient (Wildman–Crippen LogP) is 11.5. The number of unbranched alkanes of at least 4 members (excludes halogenated alkanes) is 20. The van der Waals surface area contributed by atoms with Crippen molar-refractivity contribution in [2.24, 2.45) is 0 Å². The van der Waals surface area contributed by atoms with Gasteiger partial charge in [0.2, 0.25) is 0 Å². The maximum Gasteiger partial charge on any atom is 0.306 e. The Morgan fingerprint density at radius 2 is 1.00 bits per heavy atom. The minimum absolute atomic E-state index is 0.0954. The van der Waals surface area contributed by atoms with Crippen LogP contribution in [0.25, 0.3) is 0 Å². The SMILES string of the molecule is CCCCCCCCCCCCCC(=O)OCC(CC(C)OCCC(C)(C)OC)OC(=O)CCCCCCCCCCCCC. The number of ether oxygens (including phenoxy) is 4. The second-order valence-electron chi connectivity index (χ2n) is 14.0. The standard InChI is InChI=1S/C39H76O6/c1-7-9-11-13-15-17-19-21-23-25-27-29-37(40)44-34-36(33-35(3)43-32-31-39(4,5)42-6)45-38(41)30-28-26-24-22-20-18-16-14-12-10-8-2/h35-36H,7-34H2,1-6H3. The number of methoxy groups -OCH3 is 1. The van der Waals surface area contributed by atoms with E-state index in [9.17, 15) is 9.59 Å². The first-order valence-corrected chi connectivity index (χ1v) is 19.3. The van der Waals surface area contributed by atoms with Gasteiger partial charge >= 0.3 is 11.9 Å². The second-order valence-corrected chi connectivity index (χ2v) is 14.0. The Balaban J connectivity index is 4.35. The summed E-state index contributed by atoms with van der Waals surface area (Å²) < 4.78 is 22.9. The molecule has 6 heteroatoms. The molecule has 0 aliphatic heterocycles. The molecule has 0 N–H and O–H groups in total. The van der Waals surface area contributed by atoms with Crippen molar-refractivity contribution in [2.45, 2.75) is 219 Å². The van der Waals surface area contributed by atoms with Gasteiger partial charge in [-0.1, -0.05) is 142 Å². The van der Waals surface area contributed by atoms with Gasteiger partial charge in [0, 0.05) is 33.0 Å². The summed E-state index contributed by atoms with van der Waals surface area (Å²) in [5.74, 6) is -0.405. The average molecular weight is 641 g/mol. The molecule has 0 rings (SSSR count). The fourth-order valence-corrected chi connectivity index (χ4v) is 5.57. The summed E-state index contributed by atoms with van der Waals surface area (Å²) in [5.41, 5.74) is -0.246. The van der Waals surface area contributed by atoms with Crippen LogP contribution in [0.2, 0.25) is 0 Å². The predicted molar refractivity (Wildman–Crippen MR) is 189 cm³/mol. The number of hydrogen-bond acceptors (Lipinski definition) is 6. The summed E-state index contributed by atoms with van der Waals surface area (Å²) in [6, 6.07) is 0. The smallest absolute Gasteiger partial charge is 0.306 e. The summed E-state index contributed by atoms with van der Waals surface area (Å²) in [4.78, 5) is 25.2. The summed E-state index contributed by atoms with van der Waals surface area (Å²) >= 11 is 0. The molecule has 0 spiro atoms. The first kappa shape index (κ1) is 43.9. The molecule has 0 aromatic rings. The van der Waals surface area contributed by atoms with E-state index in [-0.39, 0.29) is 30.3 Å². The number of carbonyl (C=O) groups is 2. The summed E-state index contributed by atoms with van der Waals surface area (Å²) in [7, 11) is 1.71. The summed E-state index contributed by atoms with van der Waals surface area (Å²) in [6.45, 7) is 11.2. The maximum atomic E-state index is 12.7. The van der Waals surface area contributed by atoms with E-state index in [0.717, 1.165) is 32.1 Å². The Kier molecular flexibility index (Phi) is 30.7. The van der Waals surface area contributed by atoms with E-state index >= 15 is 0 Å². The van der Waals surface area contributed by atoms with Crippen LogP contribution in [-0.2, 0) is 28.5 Å². The van der Waals surface area contributed by atoms with Gasteiger partial charge in [-0.25, -0.2) is 0 Å². The fraction of sp³-hybridized carbons (Fsp3) is 0.949. The highest BCUT2D eigenvalue weighted by Gasteiger charge is 2.22. The summed E-state index contributed by atoms with van der Waals surface area (Å²) in [5, 5.41) is 0. The second kappa shape index (κ2) is 31.5. The van der Waals surface area contributed by atoms with Gasteiger partial charge in [0.25, 0.3) is 0 Å². The lowest BCUT2D eigenvalue weighted by molar-refractivity contribution is -0.161. The minimum Gasteiger partial charge on any atom is -0.462 e. The van der Waals surface area contributed by atoms with Crippen LogP contribution in [0.5, 0.6) is 0 Å². The number of hydrogen-bond donors (Lipinski definition) is 0. The van der Waals surface area contributed by atoms with Gasteiger partial charge in [0.1, 0.15) is 12.7 Å². The van der Waals surface area contributed by atoms with E-state index in [1.165, 1.54) is 116 Å². The van der Waals surface area contributed by atoms with Gasteiger partial charge in [-0.3, -0.25) is 9.59 Å². The molecule has 0 aliphatic carbocycles. The van der Waals surface area contributed by atoms with Crippen molar-refractivity contribution < 1.29 is 28.5 Å². The third kappa shape index (κ3) is 31.2. The molecule has 0 saturated heterocycles. The molecule has 268 valence electrons. The monoisotopic (exact) mass is 641 g/mol. The Hall–Kier alpha value is -1.14. The molecule has 0 heterocycles. The summed E-state index contributed by atoms with van der Waals surface area (Å²) in [6.07, 6.45) is 28.9. The Bertz CT molecular complexity index is 664. The van der Waals surface area contributed by atoms with Crippen LogP contribution in [0.4, 0.5) is 0 Å². The molecule has 2 unspecified atom stereocenters. The molecule has 0 amide bonds. The Morgan fingerprint density at radius 3 is 1.42 bits per heavy atom. The molecular formula is C39H76O6. The van der Waals surface area contributed by atoms with Crippen LogP contribution in [0.3, 0.4) is 0 Å². The highest BCUT2D eigenvalue weighted by molar-refractivity contribution is 5.70. The van der Waals surface area contributed by atoms with Gasteiger partial charge in [-0.2, -0.15) is 0 Å². The molecule has 0 saturated carbocycles. The quantitative estimate of drug-likeness (QED) is 0.0515. The first-order chi connectivity index (χ1) is 21.7. The lowest BCUT2D eigenvalue weighted by Crippen LogP contribution is -2.30. The van der Waals surface area contributed by atoms with Gasteiger partial charge in [0.15, 0.2) is 0 Å². The van der Waals surface area contributed by atoms with Gasteiger partial charge in [-0.05, 0) is 40.0 Å². The molecule has 2 atom stereocenters. The van der Waals surface area contributed by atoms with Crippen molar-refractivity contribution in [3.8, 4) is 0 Å². The normalized spacial score (nSPS) is 13.1. The molecule has 0 aliphatic rings. The van der Waals surface area contributed by atoms with Crippen LogP contribution in [0.15, 0.2) is 0 Å². The van der Waals surface area contributed by atoms with E-state index < -0.39 is 6.10 Å². The minimum atomic E-state index is -0.489. The van der Waals surface area contributed by atoms with E-state index in [1.54, 1.807) is 7.11 Å². The van der Waals surface area contributed by atoms with Crippen LogP contribution in [-0.4, -0.2) is 50.1 Å². The van der Waals surface area contributed by atoms with E-state index in [0.29, 0.717) is 25.9 Å². The lowest BCUT2D eigenvalue weighted by Gasteiger charge is -2.25. The van der Waals surface area contributed by atoms with Gasteiger partial charge < -0.3 is 18.9 Å². The first-order valence-electron chi connectivity index (χ1n) is 19.3. The third-order valence-electron chi connectivity index (χ3n) is 8.95. The van der Waals surface area contributed by atoms with Crippen molar-refractivity contribution >= 4 is 11.9 Å². The molecular weight excluding hydrogens is 564 g/mol. The van der Waals surface area contributed by atoms with Gasteiger partial charge in [0.05, 0.1) is 11.7 Å². The molecule has 6 nitrogen and oxygen atoms in total. The van der Waals surface area contributed by atoms with Crippen molar-refractivity contribution in [1.82, 2.24) is 0 Å². The lowest BCUT2D eigenvalue weighted by atomic mass is 10.1. The zero-order valence-corrected chi connectivity index (χ0v) is 30.9. The third-order valence-corrected chi connectivity index (χ3v) is 8.95. The van der Waals surface area contributed by atoms with Crippen molar-refractivity contribution in [3.05, 3.63) is 0 Å². The van der Waals surface area contributed by atoms with Crippen LogP contribution < -0.4 is 0 Å². The highest BCUT2D eigenvalue weighted by atomic mass is 16.6. The van der Waals surface area contributed by atoms with E-state index in [2.05, 4.69) is 13.8 Å². The van der Waals surface area contributed by atoms with E-state index in [1.807, 2.05) is 20.8 Å². The Morgan fingerprint density at radius 1 is 0.600 bits per heavy atom. The maximum absolute atomic E-state index is 12.7. The Labute approximate surface area is 279 Å². The molecule has 0 fully saturated rings. The van der Waals surface area contributed by atoms with Gasteiger partial charge in [-0.15, -0.1) is 0 Å². The topological polar surface area (TPSA) is 71.1 Å². The van der Waals surface area contributed by atoms with Crippen LogP contribution in [0, 0.1) is 0 Å². The zero-order chi connectivity index (χ0) is 33.4. The zero-order valence-electron chi connectivity index (χ0n) is 30.9. The number of esters is 2. The molecule has 0 bridgehead atoms. The molecule has 0 radical (unpaired) electrons. The van der Waals surface area contributed by atoms with Crippen molar-refractivity contribution in [3.63, 3.8) is 0 Å². The van der Waals surface area contributed by atoms with Crippen LogP contribution in [0.1, 0.15) is 202 Å². The molecule has 0 aromatic heterocycles. The number of carbonyl (C=O) groups excluding carboxylic acids is 2. The number of rotatable bonds is 34. The fourth-order valence-electron chi connectivity index (χ4n) is 5.57. The van der Waals surface area contributed by atoms with E-state index in [4.69, 9.17) is 18.9 Å². The largest absolute Gasteiger partial charge is 0.462 e. The highest BCUT2D eigenvalue weighted by Crippen LogP contribution is 2.17. The molecule has 0 aromatic carbocycles. The average Bonchev–Trinajstić information content (AvgIpc) is 3.01. The van der Waals surface area contributed by atoms with Crippen molar-refractivity contribution in [2.75, 3.05) is 20.3 Å². The van der Waals surface area contributed by atoms with Crippen molar-refractivity contribution in [1.29, 1.82) is 0 Å². The van der Waals surface area contributed by atoms with Crippen LogP contribution >= 0.6 is 0 Å².